The predicted octanol–water partition coefficient (Wildman–Crippen LogP) is 1.18. The molecule has 0 aromatic heterocycles. The summed E-state index contributed by atoms with van der Waals surface area (Å²) in [5.41, 5.74) is 2.19. The van der Waals surface area contributed by atoms with Gasteiger partial charge in [-0.25, -0.2) is 0 Å². The molecule has 4 nitrogen and oxygen atoms in total. The maximum atomic E-state index is 12.5. The van der Waals surface area contributed by atoms with E-state index in [1.807, 2.05) is 26.0 Å². The molecule has 0 aliphatic rings. The van der Waals surface area contributed by atoms with Crippen LogP contribution in [0, 0.1) is 18.8 Å². The Morgan fingerprint density at radius 3 is 2.70 bits per heavy atom. The first-order valence-corrected chi connectivity index (χ1v) is 6.74. The van der Waals surface area contributed by atoms with Crippen LogP contribution in [0.15, 0.2) is 18.2 Å². The summed E-state index contributed by atoms with van der Waals surface area (Å²) in [6, 6.07) is 5.48. The number of carbonyl (C=O) groups excluding carboxylic acids is 1. The average Bonchev–Trinajstić information content (AvgIpc) is 2.45. The number of aryl methyl sites for hydroxylation is 1. The van der Waals surface area contributed by atoms with Gasteiger partial charge in [0.1, 0.15) is 6.61 Å². The van der Waals surface area contributed by atoms with Gasteiger partial charge in [-0.1, -0.05) is 17.9 Å². The molecule has 0 radical (unpaired) electrons. The Kier molecular flexibility index (Phi) is 6.78. The van der Waals surface area contributed by atoms with Crippen LogP contribution in [0.25, 0.3) is 0 Å². The summed E-state index contributed by atoms with van der Waals surface area (Å²) in [6.45, 7) is 4.77. The molecule has 2 N–H and O–H groups in total. The maximum Gasteiger partial charge on any atom is 0.255 e. The summed E-state index contributed by atoms with van der Waals surface area (Å²) in [4.78, 5) is 14.2. The molecule has 0 heterocycles. The first-order chi connectivity index (χ1) is 9.63. The van der Waals surface area contributed by atoms with Crippen molar-refractivity contribution in [1.82, 2.24) is 4.90 Å². The molecule has 20 heavy (non-hydrogen) atoms. The molecule has 0 unspecified atom stereocenters. The van der Waals surface area contributed by atoms with Gasteiger partial charge in [-0.15, -0.1) is 0 Å². The van der Waals surface area contributed by atoms with Crippen molar-refractivity contribution < 1.29 is 15.0 Å². The van der Waals surface area contributed by atoms with Crippen LogP contribution in [0.5, 0.6) is 0 Å². The fourth-order valence-electron chi connectivity index (χ4n) is 1.92. The highest BCUT2D eigenvalue weighted by Gasteiger charge is 2.16. The number of nitrogens with zero attached hydrogens (tertiary/aromatic N) is 1. The minimum atomic E-state index is -0.233. The van der Waals surface area contributed by atoms with Crippen molar-refractivity contribution in [1.29, 1.82) is 0 Å². The van der Waals surface area contributed by atoms with Crippen molar-refractivity contribution in [2.24, 2.45) is 0 Å². The van der Waals surface area contributed by atoms with Gasteiger partial charge in [0.05, 0.1) is 5.56 Å². The lowest BCUT2D eigenvalue weighted by molar-refractivity contribution is 0.0754. The van der Waals surface area contributed by atoms with Crippen molar-refractivity contribution in [2.45, 2.75) is 20.3 Å². The summed E-state index contributed by atoms with van der Waals surface area (Å²) in [5.74, 6) is 5.31. The van der Waals surface area contributed by atoms with Gasteiger partial charge in [-0.05, 0) is 38.0 Å². The Morgan fingerprint density at radius 2 is 2.10 bits per heavy atom. The summed E-state index contributed by atoms with van der Waals surface area (Å²) in [7, 11) is 0. The van der Waals surface area contributed by atoms with Gasteiger partial charge in [0, 0.05) is 25.3 Å². The molecule has 0 saturated carbocycles. The number of aliphatic hydroxyl groups is 2. The van der Waals surface area contributed by atoms with E-state index in [0.717, 1.165) is 5.56 Å². The number of aliphatic hydroxyl groups excluding tert-OH is 2. The lowest BCUT2D eigenvalue weighted by Gasteiger charge is -2.21. The molecule has 108 valence electrons. The van der Waals surface area contributed by atoms with Crippen LogP contribution in [0.2, 0.25) is 0 Å². The zero-order valence-corrected chi connectivity index (χ0v) is 12.0. The van der Waals surface area contributed by atoms with Crippen molar-refractivity contribution >= 4 is 5.91 Å². The zero-order valence-electron chi connectivity index (χ0n) is 12.0. The fourth-order valence-corrected chi connectivity index (χ4v) is 1.92. The van der Waals surface area contributed by atoms with Crippen LogP contribution in [-0.4, -0.2) is 47.3 Å². The summed E-state index contributed by atoms with van der Waals surface area (Å²) < 4.78 is 0. The second kappa shape index (κ2) is 8.36. The van der Waals surface area contributed by atoms with Crippen LogP contribution in [0.4, 0.5) is 0 Å². The molecule has 4 heteroatoms. The molecule has 0 atom stereocenters. The van der Waals surface area contributed by atoms with E-state index in [4.69, 9.17) is 10.2 Å². The topological polar surface area (TPSA) is 60.8 Å². The smallest absolute Gasteiger partial charge is 0.255 e. The number of rotatable bonds is 5. The van der Waals surface area contributed by atoms with Crippen molar-refractivity contribution in [3.05, 3.63) is 34.9 Å². The van der Waals surface area contributed by atoms with Gasteiger partial charge in [0.15, 0.2) is 0 Å². The van der Waals surface area contributed by atoms with Gasteiger partial charge in [-0.2, -0.15) is 0 Å². The van der Waals surface area contributed by atoms with Gasteiger partial charge in [0.25, 0.3) is 5.91 Å². The molecule has 1 aromatic carbocycles. The van der Waals surface area contributed by atoms with Gasteiger partial charge in [-0.3, -0.25) is 4.79 Å². The molecule has 0 saturated heterocycles. The quantitative estimate of drug-likeness (QED) is 0.793. The van der Waals surface area contributed by atoms with Crippen molar-refractivity contribution in [3.63, 3.8) is 0 Å². The van der Waals surface area contributed by atoms with E-state index in [2.05, 4.69) is 11.8 Å². The first-order valence-electron chi connectivity index (χ1n) is 6.74. The van der Waals surface area contributed by atoms with E-state index in [0.29, 0.717) is 30.6 Å². The molecule has 1 amide bonds. The number of benzene rings is 1. The highest BCUT2D eigenvalue weighted by Crippen LogP contribution is 2.14. The second-order valence-electron chi connectivity index (χ2n) is 4.47. The van der Waals surface area contributed by atoms with Crippen molar-refractivity contribution in [3.8, 4) is 11.8 Å². The summed E-state index contributed by atoms with van der Waals surface area (Å²) in [6.07, 6.45) is 0.559. The molecule has 0 aliphatic carbocycles. The SMILES string of the molecule is CCN(CCCO)C(=O)c1ccc(C)cc1C#CCO. The minimum absolute atomic E-state index is 0.0643. The molecular weight excluding hydrogens is 254 g/mol. The predicted molar refractivity (Wildman–Crippen MR) is 78.4 cm³/mol. The van der Waals surface area contributed by atoms with E-state index >= 15 is 0 Å². The lowest BCUT2D eigenvalue weighted by Crippen LogP contribution is -2.32. The standard InChI is InChI=1S/C16H21NO3/c1-3-17(9-5-11-19)16(20)15-8-7-13(2)12-14(15)6-4-10-18/h7-8,12,18-19H,3,5,9-11H2,1-2H3. The third-order valence-corrected chi connectivity index (χ3v) is 2.96. The zero-order chi connectivity index (χ0) is 15.0. The van der Waals surface area contributed by atoms with Crippen molar-refractivity contribution in [2.75, 3.05) is 26.3 Å². The number of carbonyl (C=O) groups is 1. The highest BCUT2D eigenvalue weighted by atomic mass is 16.3. The molecule has 0 aliphatic heterocycles. The lowest BCUT2D eigenvalue weighted by atomic mass is 10.0. The third kappa shape index (κ3) is 4.37. The normalized spacial score (nSPS) is 9.80. The third-order valence-electron chi connectivity index (χ3n) is 2.96. The molecular formula is C16H21NO3. The molecule has 1 aromatic rings. The van der Waals surface area contributed by atoms with Gasteiger partial charge in [0.2, 0.25) is 0 Å². The van der Waals surface area contributed by atoms with Crippen LogP contribution in [0.1, 0.15) is 34.8 Å². The van der Waals surface area contributed by atoms with E-state index in [1.165, 1.54) is 0 Å². The average molecular weight is 275 g/mol. The Labute approximate surface area is 120 Å². The van der Waals surface area contributed by atoms with Crippen LogP contribution < -0.4 is 0 Å². The largest absolute Gasteiger partial charge is 0.396 e. The van der Waals surface area contributed by atoms with Gasteiger partial charge < -0.3 is 15.1 Å². The highest BCUT2D eigenvalue weighted by molar-refractivity contribution is 5.96. The monoisotopic (exact) mass is 275 g/mol. The first kappa shape index (κ1) is 16.2. The van der Waals surface area contributed by atoms with Gasteiger partial charge >= 0.3 is 0 Å². The number of hydrogen-bond donors (Lipinski definition) is 2. The van der Waals surface area contributed by atoms with E-state index in [-0.39, 0.29) is 19.1 Å². The summed E-state index contributed by atoms with van der Waals surface area (Å²) >= 11 is 0. The Morgan fingerprint density at radius 1 is 1.35 bits per heavy atom. The maximum absolute atomic E-state index is 12.5. The van der Waals surface area contributed by atoms with Crippen LogP contribution >= 0.6 is 0 Å². The Bertz CT molecular complexity index is 514. The number of hydrogen-bond acceptors (Lipinski definition) is 3. The van der Waals surface area contributed by atoms with E-state index in [9.17, 15) is 4.79 Å². The fraction of sp³-hybridized carbons (Fsp3) is 0.438. The Hall–Kier alpha value is -1.83. The molecule has 0 spiro atoms. The summed E-state index contributed by atoms with van der Waals surface area (Å²) in [5, 5.41) is 17.7. The van der Waals surface area contributed by atoms with Crippen LogP contribution in [-0.2, 0) is 0 Å². The van der Waals surface area contributed by atoms with E-state index in [1.54, 1.807) is 11.0 Å². The molecule has 1 rings (SSSR count). The minimum Gasteiger partial charge on any atom is -0.396 e. The number of amides is 1. The van der Waals surface area contributed by atoms with Crippen LogP contribution in [0.3, 0.4) is 0 Å². The second-order valence-corrected chi connectivity index (χ2v) is 4.47. The van der Waals surface area contributed by atoms with E-state index < -0.39 is 0 Å². The Balaban J connectivity index is 3.07. The molecule has 0 fully saturated rings. The molecule has 0 bridgehead atoms.